The van der Waals surface area contributed by atoms with Crippen LogP contribution in [0.15, 0.2) is 30.6 Å². The first kappa shape index (κ1) is 18.2. The van der Waals surface area contributed by atoms with E-state index in [2.05, 4.69) is 25.9 Å². The normalized spacial score (nSPS) is 31.6. The van der Waals surface area contributed by atoms with Gasteiger partial charge in [0.15, 0.2) is 0 Å². The van der Waals surface area contributed by atoms with Gasteiger partial charge in [0.1, 0.15) is 5.60 Å². The molecule has 3 aliphatic heterocycles. The van der Waals surface area contributed by atoms with E-state index in [1.165, 1.54) is 0 Å². The Morgan fingerprint density at radius 1 is 1.44 bits per heavy atom. The average molecular weight is 372 g/mol. The number of carbonyl (C=O) groups is 2. The summed E-state index contributed by atoms with van der Waals surface area (Å²) in [6, 6.07) is 1.86. The molecule has 3 aliphatic rings. The fourth-order valence-corrected chi connectivity index (χ4v) is 4.62. The highest BCUT2D eigenvalue weighted by Gasteiger charge is 2.67. The third kappa shape index (κ3) is 3.08. The molecule has 2 bridgehead atoms. The number of likely N-dealkylation sites (tertiary alicyclic amines) is 1. The van der Waals surface area contributed by atoms with Gasteiger partial charge in [-0.15, -0.1) is 0 Å². The van der Waals surface area contributed by atoms with Crippen LogP contribution in [-0.4, -0.2) is 69.8 Å². The minimum atomic E-state index is -0.629. The van der Waals surface area contributed by atoms with Crippen LogP contribution in [0.1, 0.15) is 20.8 Å². The maximum atomic E-state index is 13.2. The molecule has 1 aromatic heterocycles. The number of ether oxygens (including phenoxy) is 1. The van der Waals surface area contributed by atoms with Crippen molar-refractivity contribution in [3.05, 3.63) is 30.6 Å². The van der Waals surface area contributed by atoms with Crippen LogP contribution in [0, 0.1) is 17.3 Å². The van der Waals surface area contributed by atoms with Gasteiger partial charge < -0.3 is 14.5 Å². The van der Waals surface area contributed by atoms with Crippen molar-refractivity contribution in [1.82, 2.24) is 19.6 Å². The Bertz CT molecular complexity index is 767. The molecule has 27 heavy (non-hydrogen) atoms. The number of likely N-dealkylation sites (N-methyl/N-ethyl adjacent to an activating group) is 1. The van der Waals surface area contributed by atoms with Gasteiger partial charge in [0.05, 0.1) is 31.0 Å². The molecule has 0 saturated carbocycles. The van der Waals surface area contributed by atoms with Crippen molar-refractivity contribution in [3.8, 4) is 0 Å². The van der Waals surface area contributed by atoms with E-state index in [4.69, 9.17) is 4.74 Å². The number of hydrogen-bond acceptors (Lipinski definition) is 4. The van der Waals surface area contributed by atoms with Gasteiger partial charge in [-0.3, -0.25) is 14.3 Å². The van der Waals surface area contributed by atoms with E-state index in [0.717, 1.165) is 0 Å². The van der Waals surface area contributed by atoms with Crippen molar-refractivity contribution < 1.29 is 14.3 Å². The first-order valence-electron chi connectivity index (χ1n) is 9.59. The number of rotatable bonds is 5. The van der Waals surface area contributed by atoms with Crippen LogP contribution >= 0.6 is 0 Å². The number of fused-ring (bicyclic) bond motifs is 1. The third-order valence-electron chi connectivity index (χ3n) is 5.73. The van der Waals surface area contributed by atoms with E-state index in [0.29, 0.717) is 26.2 Å². The molecule has 2 saturated heterocycles. The Kier molecular flexibility index (Phi) is 4.18. The minimum Gasteiger partial charge on any atom is -0.360 e. The van der Waals surface area contributed by atoms with Crippen molar-refractivity contribution in [2.45, 2.75) is 39.0 Å². The average Bonchev–Trinajstić information content (AvgIpc) is 3.33. The molecule has 0 radical (unpaired) electrons. The summed E-state index contributed by atoms with van der Waals surface area (Å²) in [6.07, 6.45) is 7.28. The largest absolute Gasteiger partial charge is 0.360 e. The van der Waals surface area contributed by atoms with Crippen LogP contribution in [0.5, 0.6) is 0 Å². The number of aromatic nitrogens is 2. The van der Waals surface area contributed by atoms with Crippen LogP contribution in [0.4, 0.5) is 0 Å². The second-order valence-electron chi connectivity index (χ2n) is 9.18. The molecule has 4 rings (SSSR count). The molecule has 0 unspecified atom stereocenters. The lowest BCUT2D eigenvalue weighted by Gasteiger charge is -2.29. The lowest BCUT2D eigenvalue weighted by atomic mass is 9.76. The van der Waals surface area contributed by atoms with Gasteiger partial charge in [0, 0.05) is 32.5 Å². The van der Waals surface area contributed by atoms with E-state index in [1.807, 2.05) is 29.3 Å². The number of nitrogens with zero attached hydrogens (tertiary/aromatic N) is 4. The van der Waals surface area contributed by atoms with Crippen molar-refractivity contribution >= 4 is 11.8 Å². The van der Waals surface area contributed by atoms with Crippen LogP contribution in [0.25, 0.3) is 0 Å². The fourth-order valence-electron chi connectivity index (χ4n) is 4.62. The van der Waals surface area contributed by atoms with E-state index >= 15 is 0 Å². The zero-order chi connectivity index (χ0) is 19.4. The van der Waals surface area contributed by atoms with Crippen LogP contribution in [0.3, 0.4) is 0 Å². The number of carbonyl (C=O) groups excluding carboxylic acids is 2. The molecule has 0 N–H and O–H groups in total. The van der Waals surface area contributed by atoms with Gasteiger partial charge in [0.2, 0.25) is 11.8 Å². The maximum absolute atomic E-state index is 13.2. The molecule has 0 aliphatic carbocycles. The first-order valence-corrected chi connectivity index (χ1v) is 9.59. The summed E-state index contributed by atoms with van der Waals surface area (Å²) < 4.78 is 7.99. The van der Waals surface area contributed by atoms with Crippen LogP contribution < -0.4 is 0 Å². The minimum absolute atomic E-state index is 0.00666. The van der Waals surface area contributed by atoms with Gasteiger partial charge in [-0.05, 0) is 11.5 Å². The second kappa shape index (κ2) is 6.19. The lowest BCUT2D eigenvalue weighted by Crippen LogP contribution is -2.45. The Labute approximate surface area is 159 Å². The molecule has 0 aromatic carbocycles. The highest BCUT2D eigenvalue weighted by molar-refractivity contribution is 5.93. The Morgan fingerprint density at radius 2 is 2.22 bits per heavy atom. The molecule has 7 heteroatoms. The van der Waals surface area contributed by atoms with E-state index in [9.17, 15) is 9.59 Å². The smallest absolute Gasteiger partial charge is 0.230 e. The highest BCUT2D eigenvalue weighted by Crippen LogP contribution is 2.52. The predicted molar refractivity (Wildman–Crippen MR) is 99.6 cm³/mol. The SMILES string of the molecule is CN(CCn1cccn1)C(=O)[C@H]1[C@@H]2C=C[C@@]3(CN(CC(C)(C)C)C(=O)[C@H]13)O2. The third-order valence-corrected chi connectivity index (χ3v) is 5.73. The van der Waals surface area contributed by atoms with E-state index in [-0.39, 0.29) is 23.3 Å². The quantitative estimate of drug-likeness (QED) is 0.728. The Hall–Kier alpha value is -2.15. The van der Waals surface area contributed by atoms with Crippen molar-refractivity contribution in [3.63, 3.8) is 0 Å². The number of hydrogen-bond donors (Lipinski definition) is 0. The molecule has 4 heterocycles. The molecule has 2 amide bonds. The van der Waals surface area contributed by atoms with E-state index < -0.39 is 17.4 Å². The fraction of sp³-hybridized carbons (Fsp3) is 0.650. The van der Waals surface area contributed by atoms with E-state index in [1.54, 1.807) is 22.8 Å². The molecule has 146 valence electrons. The van der Waals surface area contributed by atoms with Gasteiger partial charge in [-0.2, -0.15) is 5.10 Å². The number of amides is 2. The molecule has 2 fully saturated rings. The molecular formula is C20H28N4O3. The second-order valence-corrected chi connectivity index (χ2v) is 9.18. The monoisotopic (exact) mass is 372 g/mol. The zero-order valence-electron chi connectivity index (χ0n) is 16.5. The molecule has 4 atom stereocenters. The van der Waals surface area contributed by atoms with Gasteiger partial charge in [-0.25, -0.2) is 0 Å². The Balaban J connectivity index is 1.49. The molecule has 7 nitrogen and oxygen atoms in total. The van der Waals surface area contributed by atoms with Crippen molar-refractivity contribution in [2.75, 3.05) is 26.7 Å². The highest BCUT2D eigenvalue weighted by atomic mass is 16.5. The van der Waals surface area contributed by atoms with Crippen molar-refractivity contribution in [2.24, 2.45) is 17.3 Å². The molecule has 1 spiro atoms. The lowest BCUT2D eigenvalue weighted by molar-refractivity contribution is -0.142. The summed E-state index contributed by atoms with van der Waals surface area (Å²) in [7, 11) is 1.79. The first-order chi connectivity index (χ1) is 12.7. The standard InChI is InChI=1S/C20H28N4O3/c1-19(2,3)12-23-13-20-7-6-14(27-20)15(16(20)18(23)26)17(25)22(4)10-11-24-9-5-8-21-24/h5-9,14-16H,10-13H2,1-4H3/t14-,15-,16-,20-/m0/s1. The summed E-state index contributed by atoms with van der Waals surface area (Å²) in [4.78, 5) is 29.9. The maximum Gasteiger partial charge on any atom is 0.230 e. The molecule has 1 aromatic rings. The van der Waals surface area contributed by atoms with Gasteiger partial charge >= 0.3 is 0 Å². The summed E-state index contributed by atoms with van der Waals surface area (Å²) in [6.45, 7) is 8.74. The zero-order valence-corrected chi connectivity index (χ0v) is 16.5. The van der Waals surface area contributed by atoms with Gasteiger partial charge in [0.25, 0.3) is 0 Å². The topological polar surface area (TPSA) is 67.7 Å². The molecular weight excluding hydrogens is 344 g/mol. The van der Waals surface area contributed by atoms with Crippen molar-refractivity contribution in [1.29, 1.82) is 0 Å². The van der Waals surface area contributed by atoms with Crippen LogP contribution in [0.2, 0.25) is 0 Å². The Morgan fingerprint density at radius 3 is 2.89 bits per heavy atom. The summed E-state index contributed by atoms with van der Waals surface area (Å²) in [5, 5.41) is 4.17. The predicted octanol–water partition coefficient (Wildman–Crippen LogP) is 1.17. The summed E-state index contributed by atoms with van der Waals surface area (Å²) in [5.41, 5.74) is -0.622. The van der Waals surface area contributed by atoms with Gasteiger partial charge in [-0.1, -0.05) is 32.9 Å². The summed E-state index contributed by atoms with van der Waals surface area (Å²) in [5.74, 6) is -0.811. The van der Waals surface area contributed by atoms with Crippen LogP contribution in [-0.2, 0) is 20.9 Å². The summed E-state index contributed by atoms with van der Waals surface area (Å²) >= 11 is 0.